The van der Waals surface area contributed by atoms with E-state index in [1.54, 1.807) is 11.3 Å². The normalized spacial score (nSPS) is 22.5. The van der Waals surface area contributed by atoms with Crippen molar-refractivity contribution in [3.8, 4) is 6.07 Å². The summed E-state index contributed by atoms with van der Waals surface area (Å²) in [5, 5.41) is 13.2. The zero-order chi connectivity index (χ0) is 17.9. The molecule has 0 spiro atoms. The number of nitrogens with zero attached hydrogens (tertiary/aromatic N) is 1. The van der Waals surface area contributed by atoms with Crippen LogP contribution in [0.4, 0.5) is 4.39 Å². The first-order chi connectivity index (χ1) is 12.8. The summed E-state index contributed by atoms with van der Waals surface area (Å²) in [6.45, 7) is 1.18. The first kappa shape index (κ1) is 17.2. The molecule has 1 fully saturated rings. The number of nitriles is 1. The summed E-state index contributed by atoms with van der Waals surface area (Å²) in [6.07, 6.45) is 0.613. The SMILES string of the molecule is N#Cc1cccc2cc(C3C(F)CCC3COCc3cccs3)ccc12. The third kappa shape index (κ3) is 3.38. The molecule has 1 aliphatic carbocycles. The summed E-state index contributed by atoms with van der Waals surface area (Å²) in [7, 11) is 0. The van der Waals surface area contributed by atoms with Crippen molar-refractivity contribution in [1.82, 2.24) is 0 Å². The van der Waals surface area contributed by atoms with Crippen molar-refractivity contribution in [3.63, 3.8) is 0 Å². The van der Waals surface area contributed by atoms with E-state index in [1.165, 1.54) is 4.88 Å². The van der Waals surface area contributed by atoms with E-state index in [2.05, 4.69) is 12.1 Å². The molecule has 1 saturated carbocycles. The number of ether oxygens (including phenoxy) is 1. The monoisotopic (exact) mass is 365 g/mol. The molecule has 1 aromatic heterocycles. The quantitative estimate of drug-likeness (QED) is 0.570. The molecule has 0 aliphatic heterocycles. The molecule has 3 unspecified atom stereocenters. The Morgan fingerprint density at radius 3 is 2.88 bits per heavy atom. The van der Waals surface area contributed by atoms with Gasteiger partial charge in [-0.15, -0.1) is 11.3 Å². The number of rotatable bonds is 5. The van der Waals surface area contributed by atoms with Crippen LogP contribution in [0.15, 0.2) is 53.9 Å². The topological polar surface area (TPSA) is 33.0 Å². The molecule has 132 valence electrons. The number of hydrogen-bond donors (Lipinski definition) is 0. The van der Waals surface area contributed by atoms with Gasteiger partial charge in [-0.1, -0.05) is 36.4 Å². The first-order valence-electron chi connectivity index (χ1n) is 8.93. The van der Waals surface area contributed by atoms with Crippen LogP contribution in [0.3, 0.4) is 0 Å². The van der Waals surface area contributed by atoms with Crippen molar-refractivity contribution in [2.75, 3.05) is 6.61 Å². The van der Waals surface area contributed by atoms with Gasteiger partial charge in [0.25, 0.3) is 0 Å². The molecule has 0 saturated heterocycles. The Bertz CT molecular complexity index is 931. The number of alkyl halides is 1. The summed E-state index contributed by atoms with van der Waals surface area (Å²) in [5.41, 5.74) is 1.68. The Kier molecular flexibility index (Phi) is 5.01. The van der Waals surface area contributed by atoms with Crippen LogP contribution in [0.25, 0.3) is 10.8 Å². The Morgan fingerprint density at radius 2 is 2.08 bits per heavy atom. The van der Waals surface area contributed by atoms with Gasteiger partial charge in [0.1, 0.15) is 6.17 Å². The highest BCUT2D eigenvalue weighted by Crippen LogP contribution is 2.42. The van der Waals surface area contributed by atoms with Crippen molar-refractivity contribution in [3.05, 3.63) is 69.9 Å². The van der Waals surface area contributed by atoms with E-state index >= 15 is 0 Å². The van der Waals surface area contributed by atoms with Gasteiger partial charge in [-0.2, -0.15) is 5.26 Å². The molecule has 26 heavy (non-hydrogen) atoms. The maximum atomic E-state index is 14.7. The fourth-order valence-corrected chi connectivity index (χ4v) is 4.65. The van der Waals surface area contributed by atoms with Crippen LogP contribution >= 0.6 is 11.3 Å². The molecule has 2 aromatic carbocycles. The molecule has 4 rings (SSSR count). The Labute approximate surface area is 156 Å². The average Bonchev–Trinajstić information content (AvgIpc) is 3.31. The number of thiophene rings is 1. The lowest BCUT2D eigenvalue weighted by Crippen LogP contribution is -2.18. The molecule has 1 heterocycles. The van der Waals surface area contributed by atoms with E-state index in [4.69, 9.17) is 4.74 Å². The minimum absolute atomic E-state index is 0.131. The van der Waals surface area contributed by atoms with E-state index < -0.39 is 6.17 Å². The van der Waals surface area contributed by atoms with Crippen molar-refractivity contribution in [2.24, 2.45) is 5.92 Å². The van der Waals surface area contributed by atoms with Gasteiger partial charge in [0, 0.05) is 10.8 Å². The fourth-order valence-electron chi connectivity index (χ4n) is 4.01. The molecule has 2 nitrogen and oxygen atoms in total. The third-order valence-electron chi connectivity index (χ3n) is 5.28. The number of hydrogen-bond acceptors (Lipinski definition) is 3. The van der Waals surface area contributed by atoms with Gasteiger partial charge in [0.15, 0.2) is 0 Å². The van der Waals surface area contributed by atoms with E-state index in [-0.39, 0.29) is 11.8 Å². The van der Waals surface area contributed by atoms with E-state index in [9.17, 15) is 9.65 Å². The van der Waals surface area contributed by atoms with Crippen molar-refractivity contribution in [1.29, 1.82) is 5.26 Å². The van der Waals surface area contributed by atoms with Gasteiger partial charge in [-0.3, -0.25) is 0 Å². The Morgan fingerprint density at radius 1 is 1.15 bits per heavy atom. The van der Waals surface area contributed by atoms with Gasteiger partial charge < -0.3 is 4.74 Å². The molecule has 0 bridgehead atoms. The summed E-state index contributed by atoms with van der Waals surface area (Å²) < 4.78 is 20.6. The van der Waals surface area contributed by atoms with Crippen LogP contribution < -0.4 is 0 Å². The predicted octanol–water partition coefficient (Wildman–Crippen LogP) is 5.82. The molecule has 0 radical (unpaired) electrons. The van der Waals surface area contributed by atoms with Crippen molar-refractivity contribution >= 4 is 22.1 Å². The fraction of sp³-hybridized carbons (Fsp3) is 0.318. The summed E-state index contributed by atoms with van der Waals surface area (Å²) in [5.74, 6) is 0.0649. The van der Waals surface area contributed by atoms with Crippen molar-refractivity contribution < 1.29 is 9.13 Å². The second kappa shape index (κ2) is 7.57. The first-order valence-corrected chi connectivity index (χ1v) is 9.81. The molecule has 4 heteroatoms. The van der Waals surface area contributed by atoms with Crippen molar-refractivity contribution in [2.45, 2.75) is 31.5 Å². The number of halogens is 1. The van der Waals surface area contributed by atoms with E-state index in [1.807, 2.05) is 47.8 Å². The second-order valence-electron chi connectivity index (χ2n) is 6.87. The molecule has 1 aliphatic rings. The van der Waals surface area contributed by atoms with Gasteiger partial charge in [-0.25, -0.2) is 4.39 Å². The zero-order valence-electron chi connectivity index (χ0n) is 14.4. The van der Waals surface area contributed by atoms with Gasteiger partial charge in [0.2, 0.25) is 0 Å². The van der Waals surface area contributed by atoms with Crippen LogP contribution in [0.5, 0.6) is 0 Å². The van der Waals surface area contributed by atoms with Gasteiger partial charge >= 0.3 is 0 Å². The third-order valence-corrected chi connectivity index (χ3v) is 6.13. The Balaban J connectivity index is 1.54. The minimum atomic E-state index is -0.832. The lowest BCUT2D eigenvalue weighted by molar-refractivity contribution is 0.0812. The summed E-state index contributed by atoms with van der Waals surface area (Å²) >= 11 is 1.68. The van der Waals surface area contributed by atoms with Crippen LogP contribution in [0.2, 0.25) is 0 Å². The van der Waals surface area contributed by atoms with Gasteiger partial charge in [0.05, 0.1) is 24.8 Å². The summed E-state index contributed by atoms with van der Waals surface area (Å²) in [6, 6.07) is 18.0. The van der Waals surface area contributed by atoms with Crippen LogP contribution in [0.1, 0.15) is 34.8 Å². The van der Waals surface area contributed by atoms with Gasteiger partial charge in [-0.05, 0) is 52.6 Å². The average molecular weight is 365 g/mol. The van der Waals surface area contributed by atoms with Crippen LogP contribution in [0, 0.1) is 17.2 Å². The second-order valence-corrected chi connectivity index (χ2v) is 7.90. The molecular weight excluding hydrogens is 345 g/mol. The maximum Gasteiger partial charge on any atom is 0.107 e. The lowest BCUT2D eigenvalue weighted by Gasteiger charge is -2.22. The standard InChI is InChI=1S/C22H20FNOS/c23-21-9-7-18(13-25-14-19-5-2-10-26-19)22(21)16-6-8-20-15(11-16)3-1-4-17(20)12-24/h1-6,8,10-11,18,21-22H,7,9,13-14H2. The molecule has 0 amide bonds. The number of benzene rings is 2. The lowest BCUT2D eigenvalue weighted by atomic mass is 9.87. The highest BCUT2D eigenvalue weighted by molar-refractivity contribution is 7.09. The number of fused-ring (bicyclic) bond motifs is 1. The maximum absolute atomic E-state index is 14.7. The smallest absolute Gasteiger partial charge is 0.107 e. The van der Waals surface area contributed by atoms with E-state index in [0.717, 1.165) is 22.8 Å². The highest BCUT2D eigenvalue weighted by Gasteiger charge is 2.37. The van der Waals surface area contributed by atoms with E-state index in [0.29, 0.717) is 25.2 Å². The summed E-state index contributed by atoms with van der Waals surface area (Å²) in [4.78, 5) is 1.20. The highest BCUT2D eigenvalue weighted by atomic mass is 32.1. The molecule has 3 atom stereocenters. The van der Waals surface area contributed by atoms with Crippen LogP contribution in [-0.2, 0) is 11.3 Å². The molecular formula is C22H20FNOS. The molecule has 0 N–H and O–H groups in total. The minimum Gasteiger partial charge on any atom is -0.376 e. The Hall–Kier alpha value is -2.22. The zero-order valence-corrected chi connectivity index (χ0v) is 15.2. The molecule has 3 aromatic rings. The predicted molar refractivity (Wildman–Crippen MR) is 103 cm³/mol. The largest absolute Gasteiger partial charge is 0.376 e. The van der Waals surface area contributed by atoms with Crippen LogP contribution in [-0.4, -0.2) is 12.8 Å².